The molecule has 1 heterocycles. The normalized spacial score (nSPS) is 14.2. The Hall–Kier alpha value is -2.73. The van der Waals surface area contributed by atoms with Crippen molar-refractivity contribution in [3.05, 3.63) is 52.7 Å². The van der Waals surface area contributed by atoms with E-state index in [9.17, 15) is 14.7 Å². The zero-order valence-corrected chi connectivity index (χ0v) is 21.9. The van der Waals surface area contributed by atoms with Crippen molar-refractivity contribution in [1.29, 1.82) is 0 Å². The second kappa shape index (κ2) is 11.6. The summed E-state index contributed by atoms with van der Waals surface area (Å²) in [5.74, 6) is 1.29. The molecular weight excluding hydrogens is 428 g/mol. The predicted octanol–water partition coefficient (Wildman–Crippen LogP) is 5.86. The highest BCUT2D eigenvalue weighted by atomic mass is 16.5. The molecule has 1 aliphatic carbocycles. The zero-order valence-electron chi connectivity index (χ0n) is 21.9. The van der Waals surface area contributed by atoms with Crippen molar-refractivity contribution in [3.8, 4) is 5.88 Å². The minimum Gasteiger partial charge on any atom is -0.481 e. The molecule has 0 saturated heterocycles. The lowest BCUT2D eigenvalue weighted by Gasteiger charge is -2.25. The number of aromatic nitrogens is 1. The summed E-state index contributed by atoms with van der Waals surface area (Å²) in [6.07, 6.45) is 4.90. The van der Waals surface area contributed by atoms with Crippen molar-refractivity contribution in [2.24, 2.45) is 17.8 Å². The number of anilines is 1. The van der Waals surface area contributed by atoms with Gasteiger partial charge in [0.25, 0.3) is 5.91 Å². The smallest absolute Gasteiger partial charge is 0.256 e. The van der Waals surface area contributed by atoms with Gasteiger partial charge in [0.15, 0.2) is 5.78 Å². The Morgan fingerprint density at radius 2 is 1.85 bits per heavy atom. The first kappa shape index (κ1) is 27.5. The van der Waals surface area contributed by atoms with E-state index in [0.717, 1.165) is 17.9 Å². The molecule has 0 radical (unpaired) electrons. The lowest BCUT2D eigenvalue weighted by Crippen LogP contribution is -2.29. The number of aryl methyl sites for hydroxylation is 1. The molecule has 6 nitrogen and oxygen atoms in total. The molecule has 2 N–H and O–H groups in total. The van der Waals surface area contributed by atoms with Crippen LogP contribution in [0.25, 0.3) is 0 Å². The van der Waals surface area contributed by atoms with Crippen LogP contribution in [0.15, 0.2) is 30.5 Å². The topological polar surface area (TPSA) is 88.5 Å². The van der Waals surface area contributed by atoms with E-state index in [4.69, 9.17) is 4.74 Å². The Balaban J connectivity index is 0.000000379. The standard InChI is InChI=1S/C20H24N2O3.C8H16O/c1-6-14-8-7-9-16(17(14)18(23)12(2)3)22-19(24)15-10-11-21-20(25-5)13(15)4;1-6(7-4-5-7)8(2,3)9/h7-12H,6H2,1-5H3,(H,22,24);6-7,9H,4-5H2,1-3H3. The number of hydrogen-bond donors (Lipinski definition) is 2. The first-order chi connectivity index (χ1) is 15.9. The van der Waals surface area contributed by atoms with Crippen molar-refractivity contribution in [3.63, 3.8) is 0 Å². The van der Waals surface area contributed by atoms with Gasteiger partial charge in [-0.25, -0.2) is 4.98 Å². The van der Waals surface area contributed by atoms with Crippen LogP contribution >= 0.6 is 0 Å². The van der Waals surface area contributed by atoms with Crippen LogP contribution in [0, 0.1) is 24.7 Å². The average molecular weight is 469 g/mol. The van der Waals surface area contributed by atoms with Crippen LogP contribution in [-0.2, 0) is 6.42 Å². The largest absolute Gasteiger partial charge is 0.481 e. The lowest BCUT2D eigenvalue weighted by atomic mass is 9.89. The van der Waals surface area contributed by atoms with E-state index < -0.39 is 5.60 Å². The highest BCUT2D eigenvalue weighted by molar-refractivity contribution is 6.11. The van der Waals surface area contributed by atoms with E-state index in [1.165, 1.54) is 26.1 Å². The monoisotopic (exact) mass is 468 g/mol. The number of rotatable bonds is 8. The predicted molar refractivity (Wildman–Crippen MR) is 137 cm³/mol. The van der Waals surface area contributed by atoms with Crippen LogP contribution in [0.1, 0.15) is 86.2 Å². The quantitative estimate of drug-likeness (QED) is 0.474. The Labute approximate surface area is 204 Å². The number of hydrogen-bond acceptors (Lipinski definition) is 5. The highest BCUT2D eigenvalue weighted by Crippen LogP contribution is 2.41. The Morgan fingerprint density at radius 3 is 2.32 bits per heavy atom. The van der Waals surface area contributed by atoms with Crippen LogP contribution in [0.2, 0.25) is 0 Å². The van der Waals surface area contributed by atoms with Crippen molar-refractivity contribution in [2.75, 3.05) is 12.4 Å². The number of nitrogens with zero attached hydrogens (tertiary/aromatic N) is 1. The molecule has 186 valence electrons. The van der Waals surface area contributed by atoms with E-state index in [2.05, 4.69) is 17.2 Å². The third kappa shape index (κ3) is 6.89. The molecule has 1 atom stereocenters. The van der Waals surface area contributed by atoms with Gasteiger partial charge in [0, 0.05) is 28.8 Å². The molecule has 6 heteroatoms. The van der Waals surface area contributed by atoms with E-state index >= 15 is 0 Å². The van der Waals surface area contributed by atoms with Gasteiger partial charge in [0.2, 0.25) is 5.88 Å². The van der Waals surface area contributed by atoms with Gasteiger partial charge in [0.05, 0.1) is 18.4 Å². The van der Waals surface area contributed by atoms with Crippen molar-refractivity contribution >= 4 is 17.4 Å². The molecule has 1 aromatic heterocycles. The summed E-state index contributed by atoms with van der Waals surface area (Å²) in [6.45, 7) is 13.4. The van der Waals surface area contributed by atoms with Crippen LogP contribution < -0.4 is 10.1 Å². The second-order valence-electron chi connectivity index (χ2n) is 9.94. The summed E-state index contributed by atoms with van der Waals surface area (Å²) in [6, 6.07) is 7.18. The van der Waals surface area contributed by atoms with Crippen molar-refractivity contribution in [1.82, 2.24) is 4.98 Å². The van der Waals surface area contributed by atoms with Crippen molar-refractivity contribution in [2.45, 2.75) is 73.3 Å². The SMILES string of the molecule is CC(C1CC1)C(C)(C)O.CCc1cccc(NC(=O)c2ccnc(OC)c2C)c1C(=O)C(C)C. The lowest BCUT2D eigenvalue weighted by molar-refractivity contribution is 0.0155. The van der Waals surface area contributed by atoms with Crippen LogP contribution in [0.3, 0.4) is 0 Å². The number of nitrogens with one attached hydrogen (secondary N) is 1. The number of carbonyl (C=O) groups is 2. The Kier molecular flexibility index (Phi) is 9.39. The van der Waals surface area contributed by atoms with E-state index in [1.54, 1.807) is 19.1 Å². The molecule has 34 heavy (non-hydrogen) atoms. The average Bonchev–Trinajstić information content (AvgIpc) is 3.63. The van der Waals surface area contributed by atoms with Gasteiger partial charge < -0.3 is 15.2 Å². The Bertz CT molecular complexity index is 1000. The number of methoxy groups -OCH3 is 1. The maximum absolute atomic E-state index is 12.7. The maximum atomic E-state index is 12.7. The molecule has 1 saturated carbocycles. The third-order valence-corrected chi connectivity index (χ3v) is 6.59. The zero-order chi connectivity index (χ0) is 25.6. The first-order valence-electron chi connectivity index (χ1n) is 12.1. The van der Waals surface area contributed by atoms with Gasteiger partial charge in [-0.2, -0.15) is 0 Å². The number of amides is 1. The van der Waals surface area contributed by atoms with Gasteiger partial charge in [-0.3, -0.25) is 9.59 Å². The molecule has 0 bridgehead atoms. The molecule has 1 aromatic carbocycles. The Morgan fingerprint density at radius 1 is 1.21 bits per heavy atom. The number of aliphatic hydroxyl groups is 1. The molecular formula is C28H40N2O4. The molecule has 0 aliphatic heterocycles. The minimum absolute atomic E-state index is 0.0248. The second-order valence-corrected chi connectivity index (χ2v) is 9.94. The molecule has 2 aromatic rings. The molecule has 1 fully saturated rings. The number of ether oxygens (including phenoxy) is 1. The van der Waals surface area contributed by atoms with Gasteiger partial charge in [-0.1, -0.05) is 39.8 Å². The van der Waals surface area contributed by atoms with Gasteiger partial charge in [0.1, 0.15) is 0 Å². The van der Waals surface area contributed by atoms with Crippen LogP contribution in [0.5, 0.6) is 5.88 Å². The third-order valence-electron chi connectivity index (χ3n) is 6.59. The molecule has 1 unspecified atom stereocenters. The summed E-state index contributed by atoms with van der Waals surface area (Å²) in [5, 5.41) is 12.4. The summed E-state index contributed by atoms with van der Waals surface area (Å²) in [7, 11) is 1.52. The number of ketones is 1. The summed E-state index contributed by atoms with van der Waals surface area (Å²) < 4.78 is 5.17. The number of benzene rings is 1. The number of Topliss-reactive ketones (excluding diaryl/α,β-unsaturated/α-hetero) is 1. The van der Waals surface area contributed by atoms with Gasteiger partial charge >= 0.3 is 0 Å². The fourth-order valence-electron chi connectivity index (χ4n) is 3.91. The molecule has 3 rings (SSSR count). The van der Waals surface area contributed by atoms with Gasteiger partial charge in [-0.05, 0) is 69.6 Å². The van der Waals surface area contributed by atoms with E-state index in [1.807, 2.05) is 46.8 Å². The molecule has 1 amide bonds. The fraction of sp³-hybridized carbons (Fsp3) is 0.536. The summed E-state index contributed by atoms with van der Waals surface area (Å²) >= 11 is 0. The van der Waals surface area contributed by atoms with E-state index in [0.29, 0.717) is 34.2 Å². The van der Waals surface area contributed by atoms with Gasteiger partial charge in [-0.15, -0.1) is 0 Å². The van der Waals surface area contributed by atoms with Crippen LogP contribution in [-0.4, -0.2) is 34.5 Å². The highest BCUT2D eigenvalue weighted by Gasteiger charge is 2.36. The number of pyridine rings is 1. The van der Waals surface area contributed by atoms with Crippen LogP contribution in [0.4, 0.5) is 5.69 Å². The minimum atomic E-state index is -0.457. The summed E-state index contributed by atoms with van der Waals surface area (Å²) in [4.78, 5) is 29.5. The van der Waals surface area contributed by atoms with E-state index in [-0.39, 0.29) is 17.6 Å². The fourth-order valence-corrected chi connectivity index (χ4v) is 3.91. The summed E-state index contributed by atoms with van der Waals surface area (Å²) in [5.41, 5.74) is 2.73. The maximum Gasteiger partial charge on any atom is 0.256 e. The molecule has 0 spiro atoms. The van der Waals surface area contributed by atoms with Crippen molar-refractivity contribution < 1.29 is 19.4 Å². The molecule has 1 aliphatic rings. The number of carbonyl (C=O) groups excluding carboxylic acids is 2. The first-order valence-corrected chi connectivity index (χ1v) is 12.1.